The number of benzene rings is 1. The van der Waals surface area contributed by atoms with Gasteiger partial charge in [0.05, 0.1) is 11.8 Å². The summed E-state index contributed by atoms with van der Waals surface area (Å²) in [7, 11) is 0. The first-order valence-corrected chi connectivity index (χ1v) is 8.70. The van der Waals surface area contributed by atoms with Gasteiger partial charge >= 0.3 is 0 Å². The molecule has 0 radical (unpaired) electrons. The lowest BCUT2D eigenvalue weighted by molar-refractivity contribution is 0.0534. The van der Waals surface area contributed by atoms with Gasteiger partial charge in [0.15, 0.2) is 0 Å². The number of amides is 2. The van der Waals surface area contributed by atoms with Gasteiger partial charge in [0.2, 0.25) is 0 Å². The highest BCUT2D eigenvalue weighted by molar-refractivity contribution is 5.96. The number of hydrogen-bond donors (Lipinski definition) is 0. The Hall–Kier alpha value is -2.56. The van der Waals surface area contributed by atoms with Crippen LogP contribution in [0.5, 0.6) is 0 Å². The molecule has 2 heterocycles. The van der Waals surface area contributed by atoms with Crippen molar-refractivity contribution in [3.63, 3.8) is 0 Å². The third kappa shape index (κ3) is 3.60. The van der Waals surface area contributed by atoms with Crippen LogP contribution in [-0.4, -0.2) is 47.8 Å². The molecule has 1 fully saturated rings. The Bertz CT molecular complexity index is 754. The molecule has 0 spiro atoms. The summed E-state index contributed by atoms with van der Waals surface area (Å²) in [5, 5.41) is 0. The summed E-state index contributed by atoms with van der Waals surface area (Å²) in [6.07, 6.45) is 1.53. The second-order valence-electron chi connectivity index (χ2n) is 6.75. The maximum atomic E-state index is 12.6. The lowest BCUT2D eigenvalue weighted by Crippen LogP contribution is -2.50. The van der Waals surface area contributed by atoms with Crippen molar-refractivity contribution in [1.29, 1.82) is 0 Å². The van der Waals surface area contributed by atoms with Crippen LogP contribution in [-0.2, 0) is 0 Å². The van der Waals surface area contributed by atoms with Gasteiger partial charge in [-0.3, -0.25) is 9.59 Å². The molecular weight excluding hydrogens is 316 g/mol. The molecule has 1 aliphatic heterocycles. The molecule has 0 atom stereocenters. The van der Waals surface area contributed by atoms with Crippen molar-refractivity contribution in [3.8, 4) is 0 Å². The highest BCUT2D eigenvalue weighted by Gasteiger charge is 2.26. The Kier molecular flexibility index (Phi) is 4.93. The van der Waals surface area contributed by atoms with Gasteiger partial charge in [-0.25, -0.2) is 0 Å². The van der Waals surface area contributed by atoms with Crippen LogP contribution in [0.3, 0.4) is 0 Å². The Labute approximate surface area is 148 Å². The molecular formula is C20H24N2O3. The monoisotopic (exact) mass is 340 g/mol. The van der Waals surface area contributed by atoms with E-state index in [1.54, 1.807) is 17.9 Å². The van der Waals surface area contributed by atoms with E-state index in [1.807, 2.05) is 29.2 Å². The number of nitrogens with zero attached hydrogens (tertiary/aromatic N) is 2. The van der Waals surface area contributed by atoms with Crippen LogP contribution in [0.25, 0.3) is 0 Å². The van der Waals surface area contributed by atoms with Crippen LogP contribution in [0.2, 0.25) is 0 Å². The Balaban J connectivity index is 1.61. The van der Waals surface area contributed by atoms with Gasteiger partial charge < -0.3 is 14.2 Å². The van der Waals surface area contributed by atoms with E-state index in [0.29, 0.717) is 49.0 Å². The molecule has 5 heteroatoms. The lowest BCUT2D eigenvalue weighted by atomic mass is 10.0. The quantitative estimate of drug-likeness (QED) is 0.861. The van der Waals surface area contributed by atoms with Gasteiger partial charge in [-0.05, 0) is 36.6 Å². The molecule has 0 unspecified atom stereocenters. The second kappa shape index (κ2) is 7.13. The second-order valence-corrected chi connectivity index (χ2v) is 6.75. The van der Waals surface area contributed by atoms with Crippen LogP contribution < -0.4 is 0 Å². The van der Waals surface area contributed by atoms with Crippen molar-refractivity contribution in [2.45, 2.75) is 26.7 Å². The maximum absolute atomic E-state index is 12.6. The van der Waals surface area contributed by atoms with Crippen molar-refractivity contribution < 1.29 is 14.0 Å². The fraction of sp³-hybridized carbons (Fsp3) is 0.400. The van der Waals surface area contributed by atoms with Crippen molar-refractivity contribution >= 4 is 11.8 Å². The first kappa shape index (κ1) is 17.3. The standard InChI is InChI=1S/C20H24N2O3/c1-14(2)16-4-6-17(7-5-16)19(23)21-9-11-22(12-10-21)20(24)18-8-13-25-15(18)3/h4-8,13-14H,9-12H2,1-3H3. The van der Waals surface area contributed by atoms with Crippen LogP contribution >= 0.6 is 0 Å². The third-order valence-corrected chi connectivity index (χ3v) is 4.77. The van der Waals surface area contributed by atoms with E-state index >= 15 is 0 Å². The van der Waals surface area contributed by atoms with E-state index in [0.717, 1.165) is 0 Å². The Morgan fingerprint density at radius 3 is 1.96 bits per heavy atom. The fourth-order valence-corrected chi connectivity index (χ4v) is 3.08. The first-order chi connectivity index (χ1) is 12.0. The van der Waals surface area contributed by atoms with Gasteiger partial charge in [0.25, 0.3) is 11.8 Å². The van der Waals surface area contributed by atoms with E-state index in [2.05, 4.69) is 13.8 Å². The van der Waals surface area contributed by atoms with Crippen molar-refractivity contribution in [2.24, 2.45) is 0 Å². The summed E-state index contributed by atoms with van der Waals surface area (Å²) in [5.41, 5.74) is 2.53. The molecule has 1 saturated heterocycles. The average molecular weight is 340 g/mol. The van der Waals surface area contributed by atoms with Crippen LogP contribution in [0.1, 0.15) is 51.8 Å². The minimum absolute atomic E-state index is 0.0281. The van der Waals surface area contributed by atoms with Crippen molar-refractivity contribution in [2.75, 3.05) is 26.2 Å². The predicted octanol–water partition coefficient (Wildman–Crippen LogP) is 3.31. The fourth-order valence-electron chi connectivity index (χ4n) is 3.08. The highest BCUT2D eigenvalue weighted by Crippen LogP contribution is 2.17. The summed E-state index contributed by atoms with van der Waals surface area (Å²) < 4.78 is 5.21. The molecule has 1 aliphatic rings. The summed E-state index contributed by atoms with van der Waals surface area (Å²) in [5.74, 6) is 1.08. The Morgan fingerprint density at radius 1 is 0.920 bits per heavy atom. The third-order valence-electron chi connectivity index (χ3n) is 4.77. The van der Waals surface area contributed by atoms with Crippen LogP contribution in [0, 0.1) is 6.92 Å². The molecule has 5 nitrogen and oxygen atoms in total. The first-order valence-electron chi connectivity index (χ1n) is 8.70. The summed E-state index contributed by atoms with van der Waals surface area (Å²) in [6.45, 7) is 8.23. The lowest BCUT2D eigenvalue weighted by Gasteiger charge is -2.34. The molecule has 0 aliphatic carbocycles. The van der Waals surface area contributed by atoms with E-state index in [1.165, 1.54) is 11.8 Å². The number of carbonyl (C=O) groups is 2. The molecule has 1 aromatic carbocycles. The van der Waals surface area contributed by atoms with Crippen LogP contribution in [0.15, 0.2) is 41.0 Å². The van der Waals surface area contributed by atoms with Gasteiger partial charge in [-0.15, -0.1) is 0 Å². The van der Waals surface area contributed by atoms with Crippen molar-refractivity contribution in [1.82, 2.24) is 9.80 Å². The van der Waals surface area contributed by atoms with E-state index in [9.17, 15) is 9.59 Å². The number of rotatable bonds is 3. The SMILES string of the molecule is Cc1occc1C(=O)N1CCN(C(=O)c2ccc(C(C)C)cc2)CC1. The zero-order valence-electron chi connectivity index (χ0n) is 15.0. The zero-order valence-corrected chi connectivity index (χ0v) is 15.0. The topological polar surface area (TPSA) is 53.8 Å². The highest BCUT2D eigenvalue weighted by atomic mass is 16.3. The summed E-state index contributed by atoms with van der Waals surface area (Å²) in [6, 6.07) is 9.51. The minimum Gasteiger partial charge on any atom is -0.469 e. The molecule has 3 rings (SSSR count). The average Bonchev–Trinajstić information content (AvgIpc) is 3.06. The van der Waals surface area contributed by atoms with Gasteiger partial charge in [0, 0.05) is 31.7 Å². The normalized spacial score (nSPS) is 14.9. The molecule has 0 bridgehead atoms. The van der Waals surface area contributed by atoms with Crippen LogP contribution in [0.4, 0.5) is 0 Å². The number of aryl methyl sites for hydroxylation is 1. The molecule has 132 valence electrons. The number of furan rings is 1. The Morgan fingerprint density at radius 2 is 1.48 bits per heavy atom. The van der Waals surface area contributed by atoms with E-state index in [-0.39, 0.29) is 11.8 Å². The smallest absolute Gasteiger partial charge is 0.257 e. The van der Waals surface area contributed by atoms with E-state index < -0.39 is 0 Å². The molecule has 0 N–H and O–H groups in total. The molecule has 25 heavy (non-hydrogen) atoms. The minimum atomic E-state index is -0.0281. The molecule has 1 aromatic heterocycles. The van der Waals surface area contributed by atoms with E-state index in [4.69, 9.17) is 4.42 Å². The largest absolute Gasteiger partial charge is 0.469 e. The maximum Gasteiger partial charge on any atom is 0.257 e. The van der Waals surface area contributed by atoms with Gasteiger partial charge in [0.1, 0.15) is 5.76 Å². The summed E-state index contributed by atoms with van der Waals surface area (Å²) >= 11 is 0. The van der Waals surface area contributed by atoms with Gasteiger partial charge in [-0.2, -0.15) is 0 Å². The number of carbonyl (C=O) groups excluding carboxylic acids is 2. The molecule has 0 saturated carbocycles. The number of hydrogen-bond acceptors (Lipinski definition) is 3. The molecule has 2 aromatic rings. The number of piperazine rings is 1. The van der Waals surface area contributed by atoms with Crippen molar-refractivity contribution in [3.05, 3.63) is 59.0 Å². The molecule has 2 amide bonds. The summed E-state index contributed by atoms with van der Waals surface area (Å²) in [4.78, 5) is 28.7. The zero-order chi connectivity index (χ0) is 18.0. The van der Waals surface area contributed by atoms with Gasteiger partial charge in [-0.1, -0.05) is 26.0 Å². The predicted molar refractivity (Wildman–Crippen MR) is 95.8 cm³/mol.